The number of aryl methyl sites for hydroxylation is 1. The minimum Gasteiger partial charge on any atom is -0.379 e. The number of para-hydroxylation sites is 2. The maximum absolute atomic E-state index is 5.45. The number of aromatic nitrogens is 2. The first-order chi connectivity index (χ1) is 12.8. The van der Waals surface area contributed by atoms with Crippen LogP contribution in [0.3, 0.4) is 0 Å². The highest BCUT2D eigenvalue weighted by Crippen LogP contribution is 2.20. The number of imidazole rings is 1. The Morgan fingerprint density at radius 2 is 1.74 bits per heavy atom. The zero-order valence-electron chi connectivity index (χ0n) is 15.7. The number of morpholine rings is 1. The van der Waals surface area contributed by atoms with Gasteiger partial charge in [-0.2, -0.15) is 0 Å². The van der Waals surface area contributed by atoms with E-state index in [1.54, 1.807) is 0 Å². The maximum Gasteiger partial charge on any atom is 0.204 e. The third kappa shape index (κ3) is 4.80. The van der Waals surface area contributed by atoms with Gasteiger partial charge in [-0.1, -0.05) is 42.0 Å². The fourth-order valence-corrected chi connectivity index (χ4v) is 3.39. The van der Waals surface area contributed by atoms with Crippen molar-refractivity contribution in [1.82, 2.24) is 14.5 Å². The van der Waals surface area contributed by atoms with Crippen LogP contribution in [0.25, 0.3) is 11.0 Å². The molecule has 1 fully saturated rings. The SMILES string of the molecule is Cc1ccc(CNc2nc3ccccc3n2CCN2CCOCC2)cc1.Cl. The molecule has 0 amide bonds. The van der Waals surface area contributed by atoms with Crippen LogP contribution in [-0.2, 0) is 17.8 Å². The van der Waals surface area contributed by atoms with Crippen LogP contribution >= 0.6 is 12.4 Å². The van der Waals surface area contributed by atoms with E-state index in [2.05, 4.69) is 64.2 Å². The molecule has 0 bridgehead atoms. The Morgan fingerprint density at radius 1 is 1.00 bits per heavy atom. The molecule has 1 aliphatic rings. The number of anilines is 1. The average Bonchev–Trinajstić information content (AvgIpc) is 3.04. The molecule has 4 rings (SSSR count). The lowest BCUT2D eigenvalue weighted by molar-refractivity contribution is 0.0366. The van der Waals surface area contributed by atoms with E-state index in [0.29, 0.717) is 0 Å². The molecule has 2 aromatic carbocycles. The Bertz CT molecular complexity index is 856. The van der Waals surface area contributed by atoms with Gasteiger partial charge >= 0.3 is 0 Å². The highest BCUT2D eigenvalue weighted by Gasteiger charge is 2.14. The van der Waals surface area contributed by atoms with E-state index in [1.165, 1.54) is 16.6 Å². The van der Waals surface area contributed by atoms with Crippen LogP contribution in [0, 0.1) is 6.92 Å². The molecule has 1 aliphatic heterocycles. The Hall–Kier alpha value is -2.08. The molecular formula is C21H27ClN4O. The topological polar surface area (TPSA) is 42.3 Å². The fraction of sp³-hybridized carbons (Fsp3) is 0.381. The maximum atomic E-state index is 5.45. The molecule has 1 aromatic heterocycles. The van der Waals surface area contributed by atoms with Crippen molar-refractivity contribution < 1.29 is 4.74 Å². The summed E-state index contributed by atoms with van der Waals surface area (Å²) in [5, 5.41) is 3.53. The quantitative estimate of drug-likeness (QED) is 0.701. The third-order valence-electron chi connectivity index (χ3n) is 4.97. The first kappa shape index (κ1) is 19.7. The number of nitrogens with zero attached hydrogens (tertiary/aromatic N) is 3. The van der Waals surface area contributed by atoms with E-state index in [9.17, 15) is 0 Å². The van der Waals surface area contributed by atoms with Gasteiger partial charge in [-0.3, -0.25) is 4.90 Å². The number of benzene rings is 2. The predicted molar refractivity (Wildman–Crippen MR) is 113 cm³/mol. The lowest BCUT2D eigenvalue weighted by Gasteiger charge is -2.27. The van der Waals surface area contributed by atoms with Gasteiger partial charge in [-0.05, 0) is 24.6 Å². The van der Waals surface area contributed by atoms with Crippen molar-refractivity contribution in [3.8, 4) is 0 Å². The van der Waals surface area contributed by atoms with Gasteiger partial charge in [0, 0.05) is 32.7 Å². The van der Waals surface area contributed by atoms with Gasteiger partial charge in [-0.15, -0.1) is 12.4 Å². The third-order valence-corrected chi connectivity index (χ3v) is 4.97. The molecule has 0 unspecified atom stereocenters. The predicted octanol–water partition coefficient (Wildman–Crippen LogP) is 3.71. The number of halogens is 1. The second kappa shape index (κ2) is 9.22. The second-order valence-corrected chi connectivity index (χ2v) is 6.87. The minimum absolute atomic E-state index is 0. The van der Waals surface area contributed by atoms with Crippen molar-refractivity contribution in [2.45, 2.75) is 20.0 Å². The van der Waals surface area contributed by atoms with E-state index in [-0.39, 0.29) is 12.4 Å². The first-order valence-corrected chi connectivity index (χ1v) is 9.34. The molecule has 2 heterocycles. The van der Waals surface area contributed by atoms with E-state index in [1.807, 2.05) is 6.07 Å². The first-order valence-electron chi connectivity index (χ1n) is 9.34. The van der Waals surface area contributed by atoms with E-state index >= 15 is 0 Å². The lowest BCUT2D eigenvalue weighted by Crippen LogP contribution is -2.38. The molecular weight excluding hydrogens is 360 g/mol. The molecule has 0 radical (unpaired) electrons. The molecule has 3 aromatic rings. The van der Waals surface area contributed by atoms with Crippen LogP contribution in [0.5, 0.6) is 0 Å². The van der Waals surface area contributed by atoms with Crippen molar-refractivity contribution in [3.05, 3.63) is 59.7 Å². The Balaban J connectivity index is 0.00000210. The van der Waals surface area contributed by atoms with Gasteiger partial charge in [0.05, 0.1) is 24.2 Å². The Morgan fingerprint density at radius 3 is 2.52 bits per heavy atom. The minimum atomic E-state index is 0. The van der Waals surface area contributed by atoms with Gasteiger partial charge in [0.15, 0.2) is 0 Å². The van der Waals surface area contributed by atoms with Crippen molar-refractivity contribution in [3.63, 3.8) is 0 Å². The Labute approximate surface area is 166 Å². The van der Waals surface area contributed by atoms with Crippen LogP contribution < -0.4 is 5.32 Å². The molecule has 0 atom stereocenters. The summed E-state index contributed by atoms with van der Waals surface area (Å²) in [4.78, 5) is 7.28. The van der Waals surface area contributed by atoms with Crippen LogP contribution in [0.1, 0.15) is 11.1 Å². The zero-order chi connectivity index (χ0) is 17.8. The molecule has 0 saturated carbocycles. The molecule has 1 saturated heterocycles. The molecule has 0 aliphatic carbocycles. The van der Waals surface area contributed by atoms with Gasteiger partial charge in [0.1, 0.15) is 0 Å². The van der Waals surface area contributed by atoms with Crippen LogP contribution in [0.4, 0.5) is 5.95 Å². The molecule has 6 heteroatoms. The van der Waals surface area contributed by atoms with Gasteiger partial charge in [-0.25, -0.2) is 4.98 Å². The van der Waals surface area contributed by atoms with E-state index in [4.69, 9.17) is 9.72 Å². The van der Waals surface area contributed by atoms with Gasteiger partial charge < -0.3 is 14.6 Å². The zero-order valence-corrected chi connectivity index (χ0v) is 16.5. The molecule has 1 N–H and O–H groups in total. The normalized spacial score (nSPS) is 14.9. The summed E-state index contributed by atoms with van der Waals surface area (Å²) in [6.07, 6.45) is 0. The number of ether oxygens (including phenoxy) is 1. The standard InChI is InChI=1S/C21H26N4O.ClH/c1-17-6-8-18(9-7-17)16-22-21-23-19-4-2-3-5-20(19)25(21)11-10-24-12-14-26-15-13-24;/h2-9H,10-16H2,1H3,(H,22,23);1H. The summed E-state index contributed by atoms with van der Waals surface area (Å²) >= 11 is 0. The lowest BCUT2D eigenvalue weighted by atomic mass is 10.1. The van der Waals surface area contributed by atoms with E-state index < -0.39 is 0 Å². The highest BCUT2D eigenvalue weighted by atomic mass is 35.5. The summed E-state index contributed by atoms with van der Waals surface area (Å²) in [5.41, 5.74) is 4.78. The summed E-state index contributed by atoms with van der Waals surface area (Å²) in [7, 11) is 0. The monoisotopic (exact) mass is 386 g/mol. The number of hydrogen-bond acceptors (Lipinski definition) is 4. The van der Waals surface area contributed by atoms with Crippen LogP contribution in [0.2, 0.25) is 0 Å². The molecule has 27 heavy (non-hydrogen) atoms. The van der Waals surface area contributed by atoms with Crippen molar-refractivity contribution in [2.75, 3.05) is 38.2 Å². The van der Waals surface area contributed by atoms with Crippen LogP contribution in [-0.4, -0.2) is 47.3 Å². The summed E-state index contributed by atoms with van der Waals surface area (Å²) in [6, 6.07) is 17.0. The van der Waals surface area contributed by atoms with Crippen molar-refractivity contribution >= 4 is 29.4 Å². The second-order valence-electron chi connectivity index (χ2n) is 6.87. The number of nitrogens with one attached hydrogen (secondary N) is 1. The largest absolute Gasteiger partial charge is 0.379 e. The highest BCUT2D eigenvalue weighted by molar-refractivity contribution is 5.85. The summed E-state index contributed by atoms with van der Waals surface area (Å²) in [5.74, 6) is 0.944. The van der Waals surface area contributed by atoms with Crippen molar-refractivity contribution in [1.29, 1.82) is 0 Å². The molecule has 0 spiro atoms. The fourth-order valence-electron chi connectivity index (χ4n) is 3.39. The summed E-state index contributed by atoms with van der Waals surface area (Å²) < 4.78 is 7.76. The van der Waals surface area contributed by atoms with Crippen molar-refractivity contribution in [2.24, 2.45) is 0 Å². The van der Waals surface area contributed by atoms with E-state index in [0.717, 1.165) is 57.4 Å². The number of fused-ring (bicyclic) bond motifs is 1. The Kier molecular flexibility index (Phi) is 6.72. The molecule has 144 valence electrons. The van der Waals surface area contributed by atoms with Crippen LogP contribution in [0.15, 0.2) is 48.5 Å². The van der Waals surface area contributed by atoms with Gasteiger partial charge in [0.2, 0.25) is 5.95 Å². The number of hydrogen-bond donors (Lipinski definition) is 1. The molecule has 5 nitrogen and oxygen atoms in total. The smallest absolute Gasteiger partial charge is 0.204 e. The summed E-state index contributed by atoms with van der Waals surface area (Å²) in [6.45, 7) is 8.53. The van der Waals surface area contributed by atoms with Gasteiger partial charge in [0.25, 0.3) is 0 Å². The average molecular weight is 387 g/mol. The number of rotatable bonds is 6.